The minimum absolute atomic E-state index is 1.27. The number of carbonyl (C=O) groups is 1. The molecule has 0 N–H and O–H groups in total. The fraction of sp³-hybridized carbons (Fsp3) is 0.667. The van der Waals surface area contributed by atoms with Crippen LogP contribution in [0.2, 0.25) is 0 Å². The van der Waals surface area contributed by atoms with E-state index in [4.69, 9.17) is 0 Å². The fourth-order valence-corrected chi connectivity index (χ4v) is 0.327. The van der Waals surface area contributed by atoms with Crippen molar-refractivity contribution in [3.05, 3.63) is 0 Å². The summed E-state index contributed by atoms with van der Waals surface area (Å²) in [5, 5.41) is -1.27. The number of hydrogen-bond donors (Lipinski definition) is 0. The predicted molar refractivity (Wildman–Crippen MR) is 23.0 cm³/mol. The lowest BCUT2D eigenvalue weighted by molar-refractivity contribution is -0.146. The largest absolute Gasteiger partial charge is 0.742 e. The molecule has 0 aliphatic carbocycles. The van der Waals surface area contributed by atoms with Crippen molar-refractivity contribution in [1.29, 1.82) is 0 Å². The summed E-state index contributed by atoms with van der Waals surface area (Å²) in [5.41, 5.74) is 0. The SMILES string of the molecule is O=C([S-])CC(F)(F)F. The van der Waals surface area contributed by atoms with Crippen molar-refractivity contribution in [3.63, 3.8) is 0 Å². The Balaban J connectivity index is 3.55. The van der Waals surface area contributed by atoms with E-state index >= 15 is 0 Å². The molecular weight excluding hydrogens is 141 g/mol. The Morgan fingerprint density at radius 1 is 1.50 bits per heavy atom. The van der Waals surface area contributed by atoms with Gasteiger partial charge in [0.15, 0.2) is 0 Å². The van der Waals surface area contributed by atoms with Crippen molar-refractivity contribution in [2.24, 2.45) is 0 Å². The van der Waals surface area contributed by atoms with Gasteiger partial charge in [0.1, 0.15) is 0 Å². The van der Waals surface area contributed by atoms with Gasteiger partial charge < -0.3 is 17.4 Å². The third-order valence-corrected chi connectivity index (χ3v) is 0.489. The summed E-state index contributed by atoms with van der Waals surface area (Å²) in [5.74, 6) is 0. The lowest BCUT2D eigenvalue weighted by atomic mass is 10.5. The van der Waals surface area contributed by atoms with E-state index in [2.05, 4.69) is 12.6 Å². The van der Waals surface area contributed by atoms with Gasteiger partial charge in [-0.05, 0) is 0 Å². The molecule has 0 unspecified atom stereocenters. The summed E-state index contributed by atoms with van der Waals surface area (Å²) in [6.45, 7) is 0. The minimum Gasteiger partial charge on any atom is -0.742 e. The molecule has 0 bridgehead atoms. The van der Waals surface area contributed by atoms with Crippen LogP contribution in [0.25, 0.3) is 0 Å². The molecule has 0 aromatic carbocycles. The molecule has 0 amide bonds. The first-order chi connectivity index (χ1) is 3.42. The summed E-state index contributed by atoms with van der Waals surface area (Å²) in [6.07, 6.45) is -5.93. The highest BCUT2D eigenvalue weighted by molar-refractivity contribution is 7.77. The molecule has 0 aliphatic heterocycles. The van der Waals surface area contributed by atoms with Gasteiger partial charge in [-0.1, -0.05) is 0 Å². The summed E-state index contributed by atoms with van der Waals surface area (Å²) in [6, 6.07) is 0. The van der Waals surface area contributed by atoms with Gasteiger partial charge in [-0.3, -0.25) is 0 Å². The number of halogens is 3. The topological polar surface area (TPSA) is 17.1 Å². The first-order valence-electron chi connectivity index (χ1n) is 1.68. The highest BCUT2D eigenvalue weighted by atomic mass is 32.1. The first-order valence-corrected chi connectivity index (χ1v) is 2.09. The molecule has 0 aliphatic rings. The van der Waals surface area contributed by atoms with Crippen LogP contribution in [-0.2, 0) is 17.4 Å². The van der Waals surface area contributed by atoms with Crippen LogP contribution in [0.4, 0.5) is 13.2 Å². The molecule has 0 aromatic rings. The Morgan fingerprint density at radius 2 is 1.88 bits per heavy atom. The zero-order chi connectivity index (χ0) is 6.78. The molecule has 5 heteroatoms. The van der Waals surface area contributed by atoms with E-state index in [1.165, 1.54) is 0 Å². The summed E-state index contributed by atoms with van der Waals surface area (Å²) in [4.78, 5) is 9.55. The van der Waals surface area contributed by atoms with Gasteiger partial charge in [0.05, 0.1) is 6.42 Å². The summed E-state index contributed by atoms with van der Waals surface area (Å²) < 4.78 is 33.1. The standard InChI is InChI=1S/C3H3F3OS/c4-3(5,6)1-2(7)8/h1H2,(H,7,8)/p-1. The summed E-state index contributed by atoms with van der Waals surface area (Å²) >= 11 is 3.67. The highest BCUT2D eigenvalue weighted by Crippen LogP contribution is 2.18. The van der Waals surface area contributed by atoms with Gasteiger partial charge in [-0.15, -0.1) is 0 Å². The van der Waals surface area contributed by atoms with Gasteiger partial charge in [-0.25, -0.2) is 0 Å². The molecular formula is C3H2F3OS-. The molecule has 48 valence electrons. The van der Waals surface area contributed by atoms with Gasteiger partial charge >= 0.3 is 6.18 Å². The first kappa shape index (κ1) is 7.68. The van der Waals surface area contributed by atoms with E-state index < -0.39 is 17.7 Å². The zero-order valence-electron chi connectivity index (χ0n) is 3.66. The van der Waals surface area contributed by atoms with E-state index in [1.807, 2.05) is 0 Å². The molecule has 0 saturated heterocycles. The third kappa shape index (κ3) is 5.68. The molecule has 0 aromatic heterocycles. The lowest BCUT2D eigenvalue weighted by Gasteiger charge is -2.05. The predicted octanol–water partition coefficient (Wildman–Crippen LogP) is 1.01. The van der Waals surface area contributed by atoms with E-state index in [0.717, 1.165) is 0 Å². The number of hydrogen-bond acceptors (Lipinski definition) is 2. The Labute approximate surface area is 49.3 Å². The Kier molecular flexibility index (Phi) is 2.21. The smallest absolute Gasteiger partial charge is 0.394 e. The van der Waals surface area contributed by atoms with Crippen LogP contribution in [0, 0.1) is 0 Å². The maximum absolute atomic E-state index is 11.0. The van der Waals surface area contributed by atoms with Crippen molar-refractivity contribution in [2.75, 3.05) is 0 Å². The fourth-order valence-electron chi connectivity index (χ4n) is 0.164. The number of rotatable bonds is 1. The molecule has 0 heterocycles. The van der Waals surface area contributed by atoms with Gasteiger partial charge in [-0.2, -0.15) is 13.2 Å². The Morgan fingerprint density at radius 3 is 1.88 bits per heavy atom. The van der Waals surface area contributed by atoms with Gasteiger partial charge in [0, 0.05) is 5.12 Å². The molecule has 0 saturated carbocycles. The second-order valence-corrected chi connectivity index (χ2v) is 1.62. The van der Waals surface area contributed by atoms with Crippen molar-refractivity contribution in [2.45, 2.75) is 12.6 Å². The molecule has 0 radical (unpaired) electrons. The van der Waals surface area contributed by atoms with E-state index in [0.29, 0.717) is 0 Å². The zero-order valence-corrected chi connectivity index (χ0v) is 4.47. The normalized spacial score (nSPS) is 11.4. The van der Waals surface area contributed by atoms with E-state index in [1.54, 1.807) is 0 Å². The van der Waals surface area contributed by atoms with Crippen molar-refractivity contribution in [3.8, 4) is 0 Å². The van der Waals surface area contributed by atoms with Crippen LogP contribution in [0.3, 0.4) is 0 Å². The third-order valence-electron chi connectivity index (χ3n) is 0.345. The summed E-state index contributed by atoms with van der Waals surface area (Å²) in [7, 11) is 0. The number of alkyl halides is 3. The average molecular weight is 143 g/mol. The van der Waals surface area contributed by atoms with Crippen molar-refractivity contribution in [1.82, 2.24) is 0 Å². The van der Waals surface area contributed by atoms with Crippen LogP contribution >= 0.6 is 0 Å². The van der Waals surface area contributed by atoms with E-state index in [9.17, 15) is 18.0 Å². The molecule has 0 fully saturated rings. The Bertz CT molecular complexity index is 97.2. The van der Waals surface area contributed by atoms with Crippen molar-refractivity contribution >= 4 is 17.7 Å². The number of carbonyl (C=O) groups excluding carboxylic acids is 1. The van der Waals surface area contributed by atoms with Crippen LogP contribution < -0.4 is 0 Å². The van der Waals surface area contributed by atoms with Crippen LogP contribution in [0.5, 0.6) is 0 Å². The molecule has 0 spiro atoms. The maximum Gasteiger partial charge on any atom is 0.394 e. The van der Waals surface area contributed by atoms with Gasteiger partial charge in [0.2, 0.25) is 0 Å². The quantitative estimate of drug-likeness (QED) is 0.509. The van der Waals surface area contributed by atoms with E-state index in [-0.39, 0.29) is 0 Å². The molecule has 0 rings (SSSR count). The van der Waals surface area contributed by atoms with Crippen LogP contribution in [-0.4, -0.2) is 11.3 Å². The Hall–Kier alpha value is -0.320. The second-order valence-electron chi connectivity index (χ2n) is 1.16. The average Bonchev–Trinajstić information content (AvgIpc) is 1.21. The lowest BCUT2D eigenvalue weighted by Crippen LogP contribution is -2.12. The minimum atomic E-state index is -4.43. The molecule has 1 nitrogen and oxygen atoms in total. The maximum atomic E-state index is 11.0. The van der Waals surface area contributed by atoms with Gasteiger partial charge in [0.25, 0.3) is 0 Å². The molecule has 8 heavy (non-hydrogen) atoms. The highest BCUT2D eigenvalue weighted by Gasteiger charge is 2.26. The monoisotopic (exact) mass is 143 g/mol. The van der Waals surface area contributed by atoms with Crippen LogP contribution in [0.15, 0.2) is 0 Å². The second kappa shape index (κ2) is 2.30. The van der Waals surface area contributed by atoms with Crippen molar-refractivity contribution < 1.29 is 18.0 Å². The molecule has 0 atom stereocenters. The van der Waals surface area contributed by atoms with Crippen LogP contribution in [0.1, 0.15) is 6.42 Å².